The molecule has 3 saturated heterocycles. The number of hydrogen-bond acceptors (Lipinski definition) is 4. The molecular formula is C22H29N3O3. The Hall–Kier alpha value is -2.08. The summed E-state index contributed by atoms with van der Waals surface area (Å²) in [7, 11) is 0. The lowest BCUT2D eigenvalue weighted by Gasteiger charge is -2.32. The van der Waals surface area contributed by atoms with Crippen LogP contribution >= 0.6 is 0 Å². The number of nitrogens with zero attached hydrogens (tertiary/aromatic N) is 3. The fourth-order valence-corrected chi connectivity index (χ4v) is 5.66. The average Bonchev–Trinajstić information content (AvgIpc) is 3.43. The fourth-order valence-electron chi connectivity index (χ4n) is 5.66. The third-order valence-corrected chi connectivity index (χ3v) is 7.10. The maximum Gasteiger partial charge on any atom is 0.232 e. The number of amides is 2. The standard InChI is InChI=1S/C22H29N3O3/c1-16(26)25-13-19-12-23(11-17-4-5-20-18(10-17)6-9-28-20)14-22(19,15-25)21(27)24-7-2-3-8-24/h4-5,10,19H,2-3,6-9,11-15H2,1H3/t19-,22-/m1/s1. The first-order chi connectivity index (χ1) is 13.5. The van der Waals surface area contributed by atoms with Gasteiger partial charge in [0.05, 0.1) is 12.0 Å². The van der Waals surface area contributed by atoms with Crippen LogP contribution in [-0.4, -0.2) is 72.4 Å². The summed E-state index contributed by atoms with van der Waals surface area (Å²) < 4.78 is 5.62. The summed E-state index contributed by atoms with van der Waals surface area (Å²) in [6.45, 7) is 7.94. The predicted octanol–water partition coefficient (Wildman–Crippen LogP) is 1.52. The van der Waals surface area contributed by atoms with Crippen LogP contribution in [0, 0.1) is 11.3 Å². The first-order valence-corrected chi connectivity index (χ1v) is 10.6. The van der Waals surface area contributed by atoms with Gasteiger partial charge in [0.1, 0.15) is 5.75 Å². The molecule has 150 valence electrons. The van der Waals surface area contributed by atoms with E-state index in [0.717, 1.165) is 64.3 Å². The van der Waals surface area contributed by atoms with Crippen molar-refractivity contribution in [3.63, 3.8) is 0 Å². The molecule has 3 fully saturated rings. The van der Waals surface area contributed by atoms with Crippen molar-refractivity contribution < 1.29 is 14.3 Å². The maximum atomic E-state index is 13.5. The van der Waals surface area contributed by atoms with Gasteiger partial charge in [0.25, 0.3) is 0 Å². The second-order valence-electron chi connectivity index (χ2n) is 8.96. The third-order valence-electron chi connectivity index (χ3n) is 7.10. The number of benzene rings is 1. The lowest BCUT2D eigenvalue weighted by Crippen LogP contribution is -2.49. The van der Waals surface area contributed by atoms with Crippen molar-refractivity contribution in [2.45, 2.75) is 32.7 Å². The Labute approximate surface area is 166 Å². The molecule has 0 spiro atoms. The maximum absolute atomic E-state index is 13.5. The van der Waals surface area contributed by atoms with Gasteiger partial charge in [-0.15, -0.1) is 0 Å². The molecule has 1 aromatic rings. The molecule has 0 N–H and O–H groups in total. The van der Waals surface area contributed by atoms with Crippen molar-refractivity contribution in [1.29, 1.82) is 0 Å². The monoisotopic (exact) mass is 383 g/mol. The van der Waals surface area contributed by atoms with Gasteiger partial charge in [0, 0.05) is 65.1 Å². The molecule has 6 nitrogen and oxygen atoms in total. The second-order valence-corrected chi connectivity index (χ2v) is 8.96. The quantitative estimate of drug-likeness (QED) is 0.794. The van der Waals surface area contributed by atoms with Crippen LogP contribution in [0.4, 0.5) is 0 Å². The summed E-state index contributed by atoms with van der Waals surface area (Å²) >= 11 is 0. The summed E-state index contributed by atoms with van der Waals surface area (Å²) in [6, 6.07) is 6.49. The van der Waals surface area contributed by atoms with Crippen LogP contribution in [0.3, 0.4) is 0 Å². The molecule has 5 rings (SSSR count). The first kappa shape index (κ1) is 18.0. The second kappa shape index (κ2) is 6.76. The molecule has 4 heterocycles. The first-order valence-electron chi connectivity index (χ1n) is 10.6. The van der Waals surface area contributed by atoms with Crippen LogP contribution in [-0.2, 0) is 22.6 Å². The zero-order valence-corrected chi connectivity index (χ0v) is 16.7. The van der Waals surface area contributed by atoms with Gasteiger partial charge in [0.15, 0.2) is 0 Å². The minimum absolute atomic E-state index is 0.0909. The molecule has 2 atom stereocenters. The molecule has 4 aliphatic rings. The highest BCUT2D eigenvalue weighted by atomic mass is 16.5. The van der Waals surface area contributed by atoms with Gasteiger partial charge >= 0.3 is 0 Å². The highest BCUT2D eigenvalue weighted by Gasteiger charge is 2.58. The van der Waals surface area contributed by atoms with Gasteiger partial charge in [-0.1, -0.05) is 12.1 Å². The summed E-state index contributed by atoms with van der Waals surface area (Å²) in [4.78, 5) is 31.9. The number of rotatable bonds is 3. The average molecular weight is 383 g/mol. The van der Waals surface area contributed by atoms with E-state index in [-0.39, 0.29) is 17.7 Å². The molecule has 1 aromatic carbocycles. The van der Waals surface area contributed by atoms with E-state index >= 15 is 0 Å². The predicted molar refractivity (Wildman–Crippen MR) is 105 cm³/mol. The Morgan fingerprint density at radius 2 is 1.96 bits per heavy atom. The van der Waals surface area contributed by atoms with E-state index in [2.05, 4.69) is 23.1 Å². The molecule has 4 aliphatic heterocycles. The number of fused-ring (bicyclic) bond motifs is 2. The highest BCUT2D eigenvalue weighted by molar-refractivity contribution is 5.86. The van der Waals surface area contributed by atoms with E-state index in [1.807, 2.05) is 9.80 Å². The van der Waals surface area contributed by atoms with Gasteiger partial charge in [0.2, 0.25) is 11.8 Å². The van der Waals surface area contributed by atoms with Crippen LogP contribution in [0.1, 0.15) is 30.9 Å². The third kappa shape index (κ3) is 2.89. The molecule has 0 aliphatic carbocycles. The Bertz CT molecular complexity index is 804. The largest absolute Gasteiger partial charge is 0.493 e. The van der Waals surface area contributed by atoms with E-state index in [1.54, 1.807) is 6.92 Å². The van der Waals surface area contributed by atoms with E-state index < -0.39 is 5.41 Å². The number of likely N-dealkylation sites (tertiary alicyclic amines) is 3. The molecule has 0 aromatic heterocycles. The van der Waals surface area contributed by atoms with Crippen LogP contribution in [0.2, 0.25) is 0 Å². The minimum Gasteiger partial charge on any atom is -0.493 e. The number of carbonyl (C=O) groups is 2. The van der Waals surface area contributed by atoms with Crippen LogP contribution in [0.5, 0.6) is 5.75 Å². The smallest absolute Gasteiger partial charge is 0.232 e. The SMILES string of the molecule is CC(=O)N1C[C@H]2CN(Cc3ccc4c(c3)CCO4)C[C@@]2(C(=O)N2CCCC2)C1. The van der Waals surface area contributed by atoms with Gasteiger partial charge < -0.3 is 14.5 Å². The van der Waals surface area contributed by atoms with E-state index in [4.69, 9.17) is 4.74 Å². The zero-order valence-electron chi connectivity index (χ0n) is 16.7. The Morgan fingerprint density at radius 3 is 2.75 bits per heavy atom. The molecule has 0 unspecified atom stereocenters. The van der Waals surface area contributed by atoms with Gasteiger partial charge in [-0.25, -0.2) is 0 Å². The topological polar surface area (TPSA) is 53.1 Å². The highest BCUT2D eigenvalue weighted by Crippen LogP contribution is 2.45. The summed E-state index contributed by atoms with van der Waals surface area (Å²) in [5.41, 5.74) is 2.16. The molecule has 2 amide bonds. The van der Waals surface area contributed by atoms with Crippen molar-refractivity contribution >= 4 is 11.8 Å². The van der Waals surface area contributed by atoms with Crippen LogP contribution in [0.15, 0.2) is 18.2 Å². The summed E-state index contributed by atoms with van der Waals surface area (Å²) in [5.74, 6) is 1.62. The van der Waals surface area contributed by atoms with Crippen molar-refractivity contribution in [3.05, 3.63) is 29.3 Å². The Morgan fingerprint density at radius 1 is 1.14 bits per heavy atom. The van der Waals surface area contributed by atoms with E-state index in [1.165, 1.54) is 11.1 Å². The Kier molecular flexibility index (Phi) is 4.34. The normalized spacial score (nSPS) is 29.1. The summed E-state index contributed by atoms with van der Waals surface area (Å²) in [5, 5.41) is 0. The summed E-state index contributed by atoms with van der Waals surface area (Å²) in [6.07, 6.45) is 3.18. The zero-order chi connectivity index (χ0) is 19.3. The molecule has 0 radical (unpaired) electrons. The van der Waals surface area contributed by atoms with Crippen molar-refractivity contribution in [2.75, 3.05) is 45.9 Å². The van der Waals surface area contributed by atoms with Gasteiger partial charge in [-0.3, -0.25) is 14.5 Å². The molecule has 28 heavy (non-hydrogen) atoms. The molecular weight excluding hydrogens is 354 g/mol. The fraction of sp³-hybridized carbons (Fsp3) is 0.636. The van der Waals surface area contributed by atoms with Crippen molar-refractivity contribution in [3.8, 4) is 5.75 Å². The van der Waals surface area contributed by atoms with Crippen molar-refractivity contribution in [2.24, 2.45) is 11.3 Å². The van der Waals surface area contributed by atoms with Crippen molar-refractivity contribution in [1.82, 2.24) is 14.7 Å². The van der Waals surface area contributed by atoms with Crippen LogP contribution in [0.25, 0.3) is 0 Å². The van der Waals surface area contributed by atoms with Gasteiger partial charge in [-0.2, -0.15) is 0 Å². The molecule has 0 bridgehead atoms. The van der Waals surface area contributed by atoms with Crippen LogP contribution < -0.4 is 4.74 Å². The molecule has 6 heteroatoms. The number of ether oxygens (including phenoxy) is 1. The molecule has 0 saturated carbocycles. The number of hydrogen-bond donors (Lipinski definition) is 0. The lowest BCUT2D eigenvalue weighted by atomic mass is 9.79. The van der Waals surface area contributed by atoms with E-state index in [9.17, 15) is 9.59 Å². The minimum atomic E-state index is -0.421. The van der Waals surface area contributed by atoms with Gasteiger partial charge in [-0.05, 0) is 30.0 Å². The lowest BCUT2D eigenvalue weighted by molar-refractivity contribution is -0.141. The Balaban J connectivity index is 1.36. The number of carbonyl (C=O) groups excluding carboxylic acids is 2. The van der Waals surface area contributed by atoms with E-state index in [0.29, 0.717) is 13.1 Å².